The van der Waals surface area contributed by atoms with Gasteiger partial charge in [-0.2, -0.15) is 14.6 Å². The highest BCUT2D eigenvalue weighted by atomic mass is 32.1. The van der Waals surface area contributed by atoms with Crippen molar-refractivity contribution in [3.8, 4) is 11.6 Å². The Bertz CT molecular complexity index is 764. The number of carboxylic acids is 1. The molecule has 0 unspecified atom stereocenters. The van der Waals surface area contributed by atoms with Crippen LogP contribution in [0.3, 0.4) is 0 Å². The molecule has 0 bridgehead atoms. The average Bonchev–Trinajstić information content (AvgIpc) is 2.96. The summed E-state index contributed by atoms with van der Waals surface area (Å²) in [5.41, 5.74) is 0.740. The molecule has 3 heterocycles. The van der Waals surface area contributed by atoms with E-state index in [1.165, 1.54) is 16.9 Å². The van der Waals surface area contributed by atoms with Crippen LogP contribution in [-0.2, 0) is 0 Å². The highest BCUT2D eigenvalue weighted by Gasteiger charge is 2.11. The number of rotatable bonds is 3. The van der Waals surface area contributed by atoms with Gasteiger partial charge in [0.2, 0.25) is 5.88 Å². The molecule has 96 valence electrons. The molecule has 0 aliphatic heterocycles. The number of nitrogens with zero attached hydrogens (tertiary/aromatic N) is 4. The summed E-state index contributed by atoms with van der Waals surface area (Å²) in [6.45, 7) is 1.82. The zero-order valence-electron chi connectivity index (χ0n) is 9.77. The SMILES string of the molecule is Cc1cc(Oc2csc(C(=O)O)c2)n2ncnc2n1. The van der Waals surface area contributed by atoms with E-state index >= 15 is 0 Å². The molecule has 0 radical (unpaired) electrons. The molecule has 0 amide bonds. The molecule has 0 atom stereocenters. The highest BCUT2D eigenvalue weighted by Crippen LogP contribution is 2.27. The zero-order chi connectivity index (χ0) is 13.4. The van der Waals surface area contributed by atoms with Crippen LogP contribution in [0.5, 0.6) is 11.6 Å². The second kappa shape index (κ2) is 4.32. The molecule has 0 aliphatic rings. The Kier molecular flexibility index (Phi) is 2.64. The molecule has 19 heavy (non-hydrogen) atoms. The van der Waals surface area contributed by atoms with Crippen LogP contribution in [0.25, 0.3) is 5.78 Å². The molecule has 0 aliphatic carbocycles. The fourth-order valence-corrected chi connectivity index (χ4v) is 2.22. The van der Waals surface area contributed by atoms with Gasteiger partial charge in [0.25, 0.3) is 5.78 Å². The Morgan fingerprint density at radius 2 is 2.32 bits per heavy atom. The van der Waals surface area contributed by atoms with Gasteiger partial charge in [-0.25, -0.2) is 9.78 Å². The number of aromatic nitrogens is 4. The Labute approximate surface area is 111 Å². The average molecular weight is 276 g/mol. The van der Waals surface area contributed by atoms with Crippen molar-refractivity contribution >= 4 is 23.1 Å². The largest absolute Gasteiger partial charge is 0.477 e. The van der Waals surface area contributed by atoms with Gasteiger partial charge in [0.15, 0.2) is 0 Å². The molecule has 0 spiro atoms. The summed E-state index contributed by atoms with van der Waals surface area (Å²) in [5.74, 6) is 0.347. The molecule has 3 aromatic heterocycles. The second-order valence-corrected chi connectivity index (χ2v) is 4.67. The molecule has 1 N–H and O–H groups in total. The van der Waals surface area contributed by atoms with E-state index < -0.39 is 5.97 Å². The van der Waals surface area contributed by atoms with Crippen molar-refractivity contribution in [1.29, 1.82) is 0 Å². The number of aryl methyl sites for hydroxylation is 1. The third kappa shape index (κ3) is 2.13. The Morgan fingerprint density at radius 1 is 1.47 bits per heavy atom. The number of aromatic carboxylic acids is 1. The van der Waals surface area contributed by atoms with Gasteiger partial charge in [-0.1, -0.05) is 0 Å². The van der Waals surface area contributed by atoms with Gasteiger partial charge in [0, 0.05) is 23.2 Å². The van der Waals surface area contributed by atoms with Gasteiger partial charge in [0.1, 0.15) is 17.0 Å². The first kappa shape index (κ1) is 11.6. The van der Waals surface area contributed by atoms with Gasteiger partial charge in [-0.15, -0.1) is 11.3 Å². The van der Waals surface area contributed by atoms with E-state index in [-0.39, 0.29) is 4.88 Å². The number of hydrogen-bond acceptors (Lipinski definition) is 6. The Morgan fingerprint density at radius 3 is 3.05 bits per heavy atom. The minimum absolute atomic E-state index is 0.218. The van der Waals surface area contributed by atoms with Gasteiger partial charge < -0.3 is 9.84 Å². The predicted molar refractivity (Wildman–Crippen MR) is 66.9 cm³/mol. The lowest BCUT2D eigenvalue weighted by atomic mass is 10.4. The van der Waals surface area contributed by atoms with Crippen LogP contribution in [0.15, 0.2) is 23.8 Å². The molecule has 7 nitrogen and oxygen atoms in total. The minimum Gasteiger partial charge on any atom is -0.477 e. The topological polar surface area (TPSA) is 89.6 Å². The molecule has 0 fully saturated rings. The number of carboxylic acid groups (broad SMARTS) is 1. The quantitative estimate of drug-likeness (QED) is 0.786. The molecular weight excluding hydrogens is 268 g/mol. The van der Waals surface area contributed by atoms with Crippen LogP contribution >= 0.6 is 11.3 Å². The second-order valence-electron chi connectivity index (χ2n) is 3.76. The van der Waals surface area contributed by atoms with Gasteiger partial charge in [-0.3, -0.25) is 0 Å². The normalized spacial score (nSPS) is 10.8. The number of hydrogen-bond donors (Lipinski definition) is 1. The summed E-state index contributed by atoms with van der Waals surface area (Å²) in [7, 11) is 0. The van der Waals surface area contributed by atoms with Crippen molar-refractivity contribution in [1.82, 2.24) is 19.6 Å². The van der Waals surface area contributed by atoms with Crippen molar-refractivity contribution in [2.75, 3.05) is 0 Å². The first-order valence-corrected chi connectivity index (χ1v) is 6.18. The van der Waals surface area contributed by atoms with Crippen LogP contribution in [0.2, 0.25) is 0 Å². The van der Waals surface area contributed by atoms with Crippen molar-refractivity contribution < 1.29 is 14.6 Å². The summed E-state index contributed by atoms with van der Waals surface area (Å²) < 4.78 is 7.08. The number of carbonyl (C=O) groups is 1. The highest BCUT2D eigenvalue weighted by molar-refractivity contribution is 7.12. The smallest absolute Gasteiger partial charge is 0.346 e. The molecule has 0 saturated heterocycles. The van der Waals surface area contributed by atoms with Crippen LogP contribution in [-0.4, -0.2) is 30.7 Å². The van der Waals surface area contributed by atoms with Crippen LogP contribution < -0.4 is 4.74 Å². The van der Waals surface area contributed by atoms with E-state index in [0.29, 0.717) is 17.4 Å². The van der Waals surface area contributed by atoms with E-state index in [9.17, 15) is 4.79 Å². The van der Waals surface area contributed by atoms with Crippen molar-refractivity contribution in [2.45, 2.75) is 6.92 Å². The zero-order valence-corrected chi connectivity index (χ0v) is 10.6. The third-order valence-electron chi connectivity index (χ3n) is 2.36. The summed E-state index contributed by atoms with van der Waals surface area (Å²) in [4.78, 5) is 19.2. The van der Waals surface area contributed by atoms with Crippen molar-refractivity contribution in [3.05, 3.63) is 34.4 Å². The maximum atomic E-state index is 10.8. The van der Waals surface area contributed by atoms with E-state index in [1.54, 1.807) is 11.4 Å². The van der Waals surface area contributed by atoms with E-state index in [0.717, 1.165) is 17.0 Å². The number of thiophene rings is 1. The van der Waals surface area contributed by atoms with Crippen LogP contribution in [0.4, 0.5) is 0 Å². The molecule has 3 aromatic rings. The predicted octanol–water partition coefficient (Wildman–Crippen LogP) is 1.98. The maximum Gasteiger partial charge on any atom is 0.346 e. The third-order valence-corrected chi connectivity index (χ3v) is 3.25. The first-order chi connectivity index (χ1) is 9.13. The lowest BCUT2D eigenvalue weighted by Crippen LogP contribution is -1.98. The number of fused-ring (bicyclic) bond motifs is 1. The van der Waals surface area contributed by atoms with Gasteiger partial charge in [-0.05, 0) is 6.92 Å². The fraction of sp³-hybridized carbons (Fsp3) is 0.0909. The monoisotopic (exact) mass is 276 g/mol. The standard InChI is InChI=1S/C11H8N4O3S/c1-6-2-9(15-11(14-6)12-5-13-15)18-7-3-8(10(16)17)19-4-7/h2-5H,1H3,(H,16,17). The Balaban J connectivity index is 2.00. The lowest BCUT2D eigenvalue weighted by Gasteiger charge is -2.05. The molecule has 0 aromatic carbocycles. The molecule has 8 heteroatoms. The summed E-state index contributed by atoms with van der Waals surface area (Å²) in [6, 6.07) is 3.17. The molecule has 0 saturated carbocycles. The van der Waals surface area contributed by atoms with Crippen LogP contribution in [0.1, 0.15) is 15.4 Å². The van der Waals surface area contributed by atoms with Gasteiger partial charge >= 0.3 is 5.97 Å². The summed E-state index contributed by atoms with van der Waals surface area (Å²) in [5, 5.41) is 14.5. The summed E-state index contributed by atoms with van der Waals surface area (Å²) in [6.07, 6.45) is 1.38. The van der Waals surface area contributed by atoms with Crippen molar-refractivity contribution in [2.24, 2.45) is 0 Å². The Hall–Kier alpha value is -2.48. The fourth-order valence-electron chi connectivity index (χ4n) is 1.57. The number of ether oxygens (including phenoxy) is 1. The minimum atomic E-state index is -0.975. The molecular formula is C11H8N4O3S. The lowest BCUT2D eigenvalue weighted by molar-refractivity contribution is 0.0702. The van der Waals surface area contributed by atoms with Crippen LogP contribution in [0, 0.1) is 6.92 Å². The van der Waals surface area contributed by atoms with E-state index in [2.05, 4.69) is 15.1 Å². The van der Waals surface area contributed by atoms with E-state index in [1.807, 2.05) is 6.92 Å². The maximum absolute atomic E-state index is 10.8. The summed E-state index contributed by atoms with van der Waals surface area (Å²) >= 11 is 1.10. The van der Waals surface area contributed by atoms with Crippen molar-refractivity contribution in [3.63, 3.8) is 0 Å². The van der Waals surface area contributed by atoms with Gasteiger partial charge in [0.05, 0.1) is 0 Å². The van der Waals surface area contributed by atoms with E-state index in [4.69, 9.17) is 9.84 Å². The molecule has 3 rings (SSSR count). The first-order valence-electron chi connectivity index (χ1n) is 5.30.